The molecule has 2 aromatic rings. The van der Waals surface area contributed by atoms with Crippen LogP contribution in [0.5, 0.6) is 5.75 Å². The monoisotopic (exact) mass is 356 g/mol. The van der Waals surface area contributed by atoms with E-state index in [2.05, 4.69) is 15.8 Å². The number of hydrogen-bond donors (Lipinski definition) is 3. The summed E-state index contributed by atoms with van der Waals surface area (Å²) in [6.45, 7) is 1.92. The lowest BCUT2D eigenvalue weighted by atomic mass is 10.2. The van der Waals surface area contributed by atoms with Gasteiger partial charge in [-0.2, -0.15) is 5.10 Å². The molecule has 2 aromatic carbocycles. The molecule has 9 nitrogen and oxygen atoms in total. The Morgan fingerprint density at radius 3 is 2.54 bits per heavy atom. The van der Waals surface area contributed by atoms with E-state index in [1.165, 1.54) is 12.3 Å². The number of amides is 2. The highest BCUT2D eigenvalue weighted by Crippen LogP contribution is 2.25. The summed E-state index contributed by atoms with van der Waals surface area (Å²) >= 11 is 0. The van der Waals surface area contributed by atoms with Crippen LogP contribution >= 0.6 is 0 Å². The molecular formula is C17H16N4O5. The number of carbonyl (C=O) groups is 2. The second kappa shape index (κ2) is 8.38. The average Bonchev–Trinajstić information content (AvgIpc) is 2.58. The smallest absolute Gasteiger partial charge is 0.311 e. The van der Waals surface area contributed by atoms with Crippen molar-refractivity contribution in [2.45, 2.75) is 13.3 Å². The number of phenols is 1. The Kier molecular flexibility index (Phi) is 5.99. The fraction of sp³-hybridized carbons (Fsp3) is 0.118. The maximum Gasteiger partial charge on any atom is 0.311 e. The highest BCUT2D eigenvalue weighted by Gasteiger charge is 2.13. The van der Waals surface area contributed by atoms with Gasteiger partial charge in [0.25, 0.3) is 0 Å². The van der Waals surface area contributed by atoms with Crippen LogP contribution in [0.1, 0.15) is 17.5 Å². The number of aryl methyl sites for hydroxylation is 1. The van der Waals surface area contributed by atoms with Gasteiger partial charge >= 0.3 is 5.69 Å². The highest BCUT2D eigenvalue weighted by molar-refractivity contribution is 6.03. The summed E-state index contributed by atoms with van der Waals surface area (Å²) in [5.41, 5.74) is 3.61. The van der Waals surface area contributed by atoms with Gasteiger partial charge < -0.3 is 10.4 Å². The van der Waals surface area contributed by atoms with Gasteiger partial charge in [-0.1, -0.05) is 17.7 Å². The third-order valence-corrected chi connectivity index (χ3v) is 3.26. The van der Waals surface area contributed by atoms with E-state index < -0.39 is 34.6 Å². The van der Waals surface area contributed by atoms with Crippen molar-refractivity contribution in [3.8, 4) is 5.75 Å². The Hall–Kier alpha value is -3.75. The van der Waals surface area contributed by atoms with Gasteiger partial charge in [0, 0.05) is 17.3 Å². The van der Waals surface area contributed by atoms with Crippen molar-refractivity contribution in [3.63, 3.8) is 0 Å². The van der Waals surface area contributed by atoms with Gasteiger partial charge in [0.1, 0.15) is 6.42 Å². The van der Waals surface area contributed by atoms with Crippen molar-refractivity contribution in [1.82, 2.24) is 5.43 Å². The molecule has 0 aliphatic rings. The molecule has 0 aromatic heterocycles. The zero-order chi connectivity index (χ0) is 19.1. The molecular weight excluding hydrogens is 340 g/mol. The summed E-state index contributed by atoms with van der Waals surface area (Å²) in [7, 11) is 0. The van der Waals surface area contributed by atoms with E-state index >= 15 is 0 Å². The van der Waals surface area contributed by atoms with Crippen LogP contribution in [0.4, 0.5) is 11.4 Å². The molecule has 0 aliphatic carbocycles. The fourth-order valence-electron chi connectivity index (χ4n) is 1.97. The lowest BCUT2D eigenvalue weighted by molar-refractivity contribution is -0.385. The Morgan fingerprint density at radius 1 is 1.19 bits per heavy atom. The largest absolute Gasteiger partial charge is 0.502 e. The van der Waals surface area contributed by atoms with Crippen LogP contribution in [0.3, 0.4) is 0 Å². The summed E-state index contributed by atoms with van der Waals surface area (Å²) in [5, 5.41) is 26.3. The lowest BCUT2D eigenvalue weighted by Crippen LogP contribution is -2.24. The molecule has 26 heavy (non-hydrogen) atoms. The van der Waals surface area contributed by atoms with Crippen molar-refractivity contribution in [1.29, 1.82) is 0 Å². The Bertz CT molecular complexity index is 862. The second-order valence-corrected chi connectivity index (χ2v) is 5.39. The lowest BCUT2D eigenvalue weighted by Gasteiger charge is -2.04. The predicted octanol–water partition coefficient (Wildman–Crippen LogP) is 2.09. The molecule has 2 rings (SSSR count). The Morgan fingerprint density at radius 2 is 1.88 bits per heavy atom. The third-order valence-electron chi connectivity index (χ3n) is 3.26. The number of benzene rings is 2. The molecule has 0 saturated heterocycles. The molecule has 0 atom stereocenters. The molecule has 0 heterocycles. The number of hydrogen-bond acceptors (Lipinski definition) is 6. The Labute approximate surface area is 148 Å². The number of carbonyl (C=O) groups excluding carboxylic acids is 2. The zero-order valence-corrected chi connectivity index (χ0v) is 13.8. The van der Waals surface area contributed by atoms with Gasteiger partial charge in [0.05, 0.1) is 11.1 Å². The number of nitro benzene ring substituents is 1. The molecule has 2 amide bonds. The molecule has 9 heteroatoms. The van der Waals surface area contributed by atoms with Crippen LogP contribution in [0.2, 0.25) is 0 Å². The number of nitrogens with zero attached hydrogens (tertiary/aromatic N) is 2. The van der Waals surface area contributed by atoms with Crippen LogP contribution in [0, 0.1) is 17.0 Å². The van der Waals surface area contributed by atoms with Crippen LogP contribution in [-0.2, 0) is 9.59 Å². The maximum atomic E-state index is 11.8. The number of nitro groups is 1. The van der Waals surface area contributed by atoms with Gasteiger partial charge in [-0.15, -0.1) is 0 Å². The molecule has 0 spiro atoms. The summed E-state index contributed by atoms with van der Waals surface area (Å²) < 4.78 is 0. The molecule has 0 fully saturated rings. The Balaban J connectivity index is 1.87. The van der Waals surface area contributed by atoms with E-state index in [1.54, 1.807) is 12.1 Å². The number of hydrazone groups is 1. The van der Waals surface area contributed by atoms with Crippen molar-refractivity contribution in [2.75, 3.05) is 5.32 Å². The molecule has 0 saturated carbocycles. The van der Waals surface area contributed by atoms with E-state index in [4.69, 9.17) is 0 Å². The van der Waals surface area contributed by atoms with E-state index in [-0.39, 0.29) is 0 Å². The minimum Gasteiger partial charge on any atom is -0.502 e. The number of rotatable bonds is 6. The quantitative estimate of drug-likeness (QED) is 0.315. The van der Waals surface area contributed by atoms with E-state index in [9.17, 15) is 24.8 Å². The number of anilines is 1. The van der Waals surface area contributed by atoms with Crippen molar-refractivity contribution in [3.05, 3.63) is 63.7 Å². The van der Waals surface area contributed by atoms with E-state index in [0.29, 0.717) is 11.3 Å². The summed E-state index contributed by atoms with van der Waals surface area (Å²) in [5.74, 6) is -1.61. The molecule has 3 N–H and O–H groups in total. The van der Waals surface area contributed by atoms with Gasteiger partial charge in [0.2, 0.25) is 11.8 Å². The van der Waals surface area contributed by atoms with Gasteiger partial charge in [-0.05, 0) is 31.2 Å². The van der Waals surface area contributed by atoms with Crippen molar-refractivity contribution >= 4 is 29.4 Å². The number of nitrogens with one attached hydrogen (secondary N) is 2. The molecule has 0 radical (unpaired) electrons. The SMILES string of the molecule is Cc1ccc(NC(=O)CC(=O)NN=Cc2ccc(O)c([N+](=O)[O-])c2)cc1. The minimum absolute atomic E-state index is 0.305. The van der Waals surface area contributed by atoms with E-state index in [0.717, 1.165) is 17.7 Å². The third kappa shape index (κ3) is 5.41. The predicted molar refractivity (Wildman–Crippen MR) is 94.9 cm³/mol. The number of aromatic hydroxyl groups is 1. The maximum absolute atomic E-state index is 11.8. The summed E-state index contributed by atoms with van der Waals surface area (Å²) in [6.07, 6.45) is 0.739. The number of phenolic OH excluding ortho intramolecular Hbond substituents is 1. The normalized spacial score (nSPS) is 10.5. The van der Waals surface area contributed by atoms with Gasteiger partial charge in [-0.25, -0.2) is 5.43 Å². The van der Waals surface area contributed by atoms with Crippen LogP contribution in [0.15, 0.2) is 47.6 Å². The molecule has 134 valence electrons. The topological polar surface area (TPSA) is 134 Å². The summed E-state index contributed by atoms with van der Waals surface area (Å²) in [6, 6.07) is 10.8. The zero-order valence-electron chi connectivity index (χ0n) is 13.8. The van der Waals surface area contributed by atoms with Crippen molar-refractivity contribution < 1.29 is 19.6 Å². The molecule has 0 bridgehead atoms. The highest BCUT2D eigenvalue weighted by atomic mass is 16.6. The van der Waals surface area contributed by atoms with Gasteiger partial charge in [0.15, 0.2) is 5.75 Å². The standard InChI is InChI=1S/C17H16N4O5/c1-11-2-5-13(6-3-11)19-16(23)9-17(24)20-18-10-12-4-7-15(22)14(8-12)21(25)26/h2-8,10,22H,9H2,1H3,(H,19,23)(H,20,24). The average molecular weight is 356 g/mol. The van der Waals surface area contributed by atoms with Crippen LogP contribution < -0.4 is 10.7 Å². The molecule has 0 aliphatic heterocycles. The van der Waals surface area contributed by atoms with Gasteiger partial charge in [-0.3, -0.25) is 19.7 Å². The first-order valence-corrected chi connectivity index (χ1v) is 7.51. The fourth-order valence-corrected chi connectivity index (χ4v) is 1.97. The van der Waals surface area contributed by atoms with Crippen molar-refractivity contribution in [2.24, 2.45) is 5.10 Å². The first kappa shape index (κ1) is 18.6. The first-order valence-electron chi connectivity index (χ1n) is 7.51. The van der Waals surface area contributed by atoms with Crippen LogP contribution in [0.25, 0.3) is 0 Å². The minimum atomic E-state index is -0.735. The molecule has 0 unspecified atom stereocenters. The first-order chi connectivity index (χ1) is 12.3. The van der Waals surface area contributed by atoms with E-state index in [1.807, 2.05) is 19.1 Å². The summed E-state index contributed by atoms with van der Waals surface area (Å²) in [4.78, 5) is 33.5. The van der Waals surface area contributed by atoms with Crippen LogP contribution in [-0.4, -0.2) is 28.1 Å². The second-order valence-electron chi connectivity index (χ2n) is 5.39.